The number of ether oxygens (including phenoxy) is 1. The standard InChI is InChI=1S/C26H21Cl2F2N3O5S/c1-26(29,30)20-10-19(39-22-15(27)4-2-5-16(22)28)21(23(35)31-20)24(36)32-11-13-8-17(18(34)9-14(13)12-32)33-6-3-7-38-25(33)37/h2,4-5,8-10,34H,3,6-7,11-12H2,1H3,(H,31,35). The first-order chi connectivity index (χ1) is 18.4. The summed E-state index contributed by atoms with van der Waals surface area (Å²) < 4.78 is 33.4. The molecular formula is C26H21Cl2F2N3O5S. The number of anilines is 1. The quantitative estimate of drug-likeness (QED) is 0.366. The number of aromatic nitrogens is 1. The molecule has 2 N–H and O–H groups in total. The van der Waals surface area contributed by atoms with Gasteiger partial charge in [0.1, 0.15) is 11.3 Å². The molecule has 2 aliphatic heterocycles. The number of fused-ring (bicyclic) bond motifs is 1. The van der Waals surface area contributed by atoms with Crippen molar-refractivity contribution >= 4 is 52.7 Å². The van der Waals surface area contributed by atoms with E-state index in [1.807, 2.05) is 0 Å². The highest BCUT2D eigenvalue weighted by atomic mass is 35.5. The molecule has 0 spiro atoms. The van der Waals surface area contributed by atoms with Crippen LogP contribution in [0.3, 0.4) is 0 Å². The van der Waals surface area contributed by atoms with E-state index in [2.05, 4.69) is 4.98 Å². The summed E-state index contributed by atoms with van der Waals surface area (Å²) in [4.78, 5) is 44.0. The van der Waals surface area contributed by atoms with Crippen molar-refractivity contribution in [1.82, 2.24) is 9.88 Å². The smallest absolute Gasteiger partial charge is 0.414 e. The lowest BCUT2D eigenvalue weighted by molar-refractivity contribution is 0.0121. The predicted molar refractivity (Wildman–Crippen MR) is 142 cm³/mol. The topological polar surface area (TPSA) is 103 Å². The van der Waals surface area contributed by atoms with Crippen molar-refractivity contribution in [1.29, 1.82) is 0 Å². The zero-order valence-corrected chi connectivity index (χ0v) is 22.7. The van der Waals surface area contributed by atoms with Crippen LogP contribution in [0.4, 0.5) is 19.3 Å². The number of aromatic hydroxyl groups is 1. The number of H-pyrrole nitrogens is 1. The fraction of sp³-hybridized carbons (Fsp3) is 0.269. The molecule has 1 aromatic heterocycles. The summed E-state index contributed by atoms with van der Waals surface area (Å²) in [6.45, 7) is 1.40. The number of hydrogen-bond donors (Lipinski definition) is 2. The molecule has 204 valence electrons. The minimum absolute atomic E-state index is 0.0363. The summed E-state index contributed by atoms with van der Waals surface area (Å²) in [7, 11) is 0. The fourth-order valence-electron chi connectivity index (χ4n) is 4.46. The Bertz CT molecular complexity index is 1540. The van der Waals surface area contributed by atoms with Crippen LogP contribution in [0.15, 0.2) is 51.0 Å². The van der Waals surface area contributed by atoms with Crippen LogP contribution in [-0.2, 0) is 23.7 Å². The summed E-state index contributed by atoms with van der Waals surface area (Å²) in [6, 6.07) is 8.84. The van der Waals surface area contributed by atoms with E-state index in [4.69, 9.17) is 27.9 Å². The molecule has 1 fully saturated rings. The molecule has 3 aromatic rings. The molecule has 1 saturated heterocycles. The van der Waals surface area contributed by atoms with Gasteiger partial charge in [-0.05, 0) is 47.9 Å². The van der Waals surface area contributed by atoms with Gasteiger partial charge in [0.25, 0.3) is 17.4 Å². The number of phenolic OH excluding ortho intramolecular Hbond substituents is 1. The van der Waals surface area contributed by atoms with E-state index < -0.39 is 29.2 Å². The maximum absolute atomic E-state index is 14.2. The molecule has 0 atom stereocenters. The second-order valence-electron chi connectivity index (χ2n) is 9.18. The number of phenols is 1. The second kappa shape index (κ2) is 10.4. The Hall–Kier alpha value is -3.28. The van der Waals surface area contributed by atoms with Crippen molar-refractivity contribution in [3.63, 3.8) is 0 Å². The first-order valence-electron chi connectivity index (χ1n) is 11.8. The SMILES string of the molecule is CC(F)(F)c1cc(Sc2c(Cl)cccc2Cl)c(C(=O)N2Cc3cc(O)c(N4CCCOC4=O)cc3C2)c(=O)[nH]1. The molecule has 39 heavy (non-hydrogen) atoms. The number of carbonyl (C=O) groups excluding carboxylic acids is 2. The van der Waals surface area contributed by atoms with Gasteiger partial charge in [-0.1, -0.05) is 41.0 Å². The van der Waals surface area contributed by atoms with Crippen molar-refractivity contribution in [3.05, 3.63) is 79.2 Å². The number of halogens is 4. The number of aromatic amines is 1. The van der Waals surface area contributed by atoms with Crippen LogP contribution in [0.1, 0.15) is 40.5 Å². The average Bonchev–Trinajstić information content (AvgIpc) is 3.28. The van der Waals surface area contributed by atoms with Gasteiger partial charge in [0, 0.05) is 36.3 Å². The summed E-state index contributed by atoms with van der Waals surface area (Å²) >= 11 is 13.4. The van der Waals surface area contributed by atoms with Gasteiger partial charge in [0.15, 0.2) is 0 Å². The molecule has 2 aliphatic rings. The second-order valence-corrected chi connectivity index (χ2v) is 11.0. The molecule has 0 bridgehead atoms. The Morgan fingerprint density at radius 2 is 1.79 bits per heavy atom. The lowest BCUT2D eigenvalue weighted by Gasteiger charge is -2.27. The Morgan fingerprint density at radius 1 is 1.13 bits per heavy atom. The molecule has 0 aliphatic carbocycles. The minimum Gasteiger partial charge on any atom is -0.506 e. The lowest BCUT2D eigenvalue weighted by Crippen LogP contribution is -2.37. The number of benzene rings is 2. The molecule has 0 unspecified atom stereocenters. The van der Waals surface area contributed by atoms with Crippen LogP contribution < -0.4 is 10.5 Å². The normalized spacial score (nSPS) is 15.4. The zero-order valence-electron chi connectivity index (χ0n) is 20.4. The largest absolute Gasteiger partial charge is 0.506 e. The third kappa shape index (κ3) is 5.30. The molecule has 0 saturated carbocycles. The summed E-state index contributed by atoms with van der Waals surface area (Å²) in [5.41, 5.74) is -0.467. The molecule has 2 amide bonds. The number of cyclic esters (lactones) is 1. The fourth-order valence-corrected chi connectivity index (χ4v) is 6.10. The highest BCUT2D eigenvalue weighted by molar-refractivity contribution is 7.99. The summed E-state index contributed by atoms with van der Waals surface area (Å²) in [5.74, 6) is -4.24. The van der Waals surface area contributed by atoms with E-state index >= 15 is 0 Å². The monoisotopic (exact) mass is 595 g/mol. The van der Waals surface area contributed by atoms with Crippen LogP contribution in [-0.4, -0.2) is 40.1 Å². The number of hydrogen-bond acceptors (Lipinski definition) is 6. The van der Waals surface area contributed by atoms with Gasteiger partial charge in [-0.25, -0.2) is 13.6 Å². The van der Waals surface area contributed by atoms with Gasteiger partial charge in [0.2, 0.25) is 0 Å². The molecule has 8 nitrogen and oxygen atoms in total. The maximum Gasteiger partial charge on any atom is 0.414 e. The molecule has 2 aromatic carbocycles. The number of rotatable bonds is 5. The van der Waals surface area contributed by atoms with Crippen molar-refractivity contribution in [2.45, 2.75) is 42.1 Å². The van der Waals surface area contributed by atoms with Crippen LogP contribution >= 0.6 is 35.0 Å². The first kappa shape index (κ1) is 27.3. The Labute approximate surface area is 235 Å². The van der Waals surface area contributed by atoms with E-state index in [0.717, 1.165) is 17.8 Å². The lowest BCUT2D eigenvalue weighted by atomic mass is 10.1. The number of pyridine rings is 1. The molecular weight excluding hydrogens is 575 g/mol. The third-order valence-electron chi connectivity index (χ3n) is 6.38. The number of alkyl halides is 2. The number of nitrogens with one attached hydrogen (secondary N) is 1. The summed E-state index contributed by atoms with van der Waals surface area (Å²) in [5, 5.41) is 11.0. The van der Waals surface area contributed by atoms with Gasteiger partial charge < -0.3 is 19.7 Å². The van der Waals surface area contributed by atoms with Crippen LogP contribution in [0.25, 0.3) is 0 Å². The molecule has 3 heterocycles. The van der Waals surface area contributed by atoms with E-state index in [1.54, 1.807) is 24.3 Å². The van der Waals surface area contributed by atoms with E-state index in [1.165, 1.54) is 15.9 Å². The Morgan fingerprint density at radius 3 is 2.44 bits per heavy atom. The van der Waals surface area contributed by atoms with Gasteiger partial charge in [-0.2, -0.15) is 0 Å². The van der Waals surface area contributed by atoms with Crippen molar-refractivity contribution in [2.24, 2.45) is 0 Å². The molecule has 0 radical (unpaired) electrons. The Balaban J connectivity index is 1.51. The minimum atomic E-state index is -3.38. The van der Waals surface area contributed by atoms with Gasteiger partial charge in [-0.15, -0.1) is 0 Å². The highest BCUT2D eigenvalue weighted by Gasteiger charge is 2.34. The first-order valence-corrected chi connectivity index (χ1v) is 13.4. The number of amides is 2. The highest BCUT2D eigenvalue weighted by Crippen LogP contribution is 2.42. The van der Waals surface area contributed by atoms with Crippen molar-refractivity contribution < 1.29 is 28.2 Å². The van der Waals surface area contributed by atoms with Crippen LogP contribution in [0, 0.1) is 0 Å². The number of carbonyl (C=O) groups is 2. The maximum atomic E-state index is 14.2. The van der Waals surface area contributed by atoms with Gasteiger partial charge in [-0.3, -0.25) is 14.5 Å². The molecule has 5 rings (SSSR count). The van der Waals surface area contributed by atoms with E-state index in [-0.39, 0.29) is 45.0 Å². The van der Waals surface area contributed by atoms with Gasteiger partial charge >= 0.3 is 6.09 Å². The van der Waals surface area contributed by atoms with E-state index in [9.17, 15) is 28.3 Å². The van der Waals surface area contributed by atoms with Crippen molar-refractivity contribution in [2.75, 3.05) is 18.1 Å². The predicted octanol–water partition coefficient (Wildman–Crippen LogP) is 6.15. The Kier molecular flexibility index (Phi) is 7.25. The average molecular weight is 596 g/mol. The van der Waals surface area contributed by atoms with Crippen LogP contribution in [0.5, 0.6) is 5.75 Å². The molecule has 13 heteroatoms. The number of nitrogens with zero attached hydrogens (tertiary/aromatic N) is 2. The van der Waals surface area contributed by atoms with E-state index in [0.29, 0.717) is 42.5 Å². The van der Waals surface area contributed by atoms with Crippen molar-refractivity contribution in [3.8, 4) is 5.75 Å². The summed E-state index contributed by atoms with van der Waals surface area (Å²) in [6.07, 6.45) is 0.0138. The van der Waals surface area contributed by atoms with Crippen LogP contribution in [0.2, 0.25) is 10.0 Å². The third-order valence-corrected chi connectivity index (χ3v) is 8.42. The van der Waals surface area contributed by atoms with Gasteiger partial charge in [0.05, 0.1) is 28.0 Å². The zero-order chi connectivity index (χ0) is 28.1.